The second kappa shape index (κ2) is 11.1. The van der Waals surface area contributed by atoms with Crippen LogP contribution in [0, 0.1) is 6.92 Å². The molecule has 0 amide bonds. The summed E-state index contributed by atoms with van der Waals surface area (Å²) in [5, 5.41) is 4.89. The molecule has 170 valence electrons. The minimum Gasteiger partial charge on any atom is -0.495 e. The Morgan fingerprint density at radius 3 is 2.56 bits per heavy atom. The molecule has 7 heteroatoms. The normalized spacial score (nSPS) is 11.0. The number of aromatic nitrogens is 1. The summed E-state index contributed by atoms with van der Waals surface area (Å²) in [6.45, 7) is 10.2. The maximum absolute atomic E-state index is 12.9. The molecule has 0 aliphatic heterocycles. The number of pyridine rings is 1. The number of nitrogens with one attached hydrogen (secondary N) is 2. The van der Waals surface area contributed by atoms with Gasteiger partial charge >= 0.3 is 0 Å². The molecule has 0 radical (unpaired) electrons. The number of fused-ring (bicyclic) bond motifs is 1. The fraction of sp³-hybridized carbons (Fsp3) is 0.360. The highest BCUT2D eigenvalue weighted by Crippen LogP contribution is 2.24. The number of aryl methyl sites for hydroxylation is 1. The molecule has 0 saturated carbocycles. The van der Waals surface area contributed by atoms with Gasteiger partial charge in [-0.1, -0.05) is 44.2 Å². The second-order valence-corrected chi connectivity index (χ2v) is 8.13. The molecule has 0 spiro atoms. The minimum atomic E-state index is -0.0836. The molecule has 6 nitrogen and oxygen atoms in total. The average molecular weight is 453 g/mol. The summed E-state index contributed by atoms with van der Waals surface area (Å²) in [4.78, 5) is 20.3. The molecular formula is C25H32N4O2S. The van der Waals surface area contributed by atoms with Crippen LogP contribution >= 0.6 is 12.2 Å². The Morgan fingerprint density at radius 1 is 1.09 bits per heavy atom. The van der Waals surface area contributed by atoms with Crippen LogP contribution < -0.4 is 15.6 Å². The number of hydrogen-bond acceptors (Lipinski definition) is 4. The van der Waals surface area contributed by atoms with E-state index in [4.69, 9.17) is 17.0 Å². The standard InChI is InChI=1S/C25H32N4O2S/c1-5-28(6-2)14-15-29(25(32)26-21-12-7-8-13-22(21)31-4)17-20-16-19-11-9-10-18(3)23(19)27-24(20)30/h7-13,16H,5-6,14-15,17H2,1-4H3,(H,26,32)(H,27,30). The molecule has 0 aliphatic rings. The third-order valence-corrected chi connectivity index (χ3v) is 6.10. The summed E-state index contributed by atoms with van der Waals surface area (Å²) in [6.07, 6.45) is 0. The van der Waals surface area contributed by atoms with Crippen molar-refractivity contribution in [3.05, 3.63) is 70.0 Å². The highest BCUT2D eigenvalue weighted by Gasteiger charge is 2.16. The van der Waals surface area contributed by atoms with Crippen LogP contribution in [0.4, 0.5) is 5.69 Å². The van der Waals surface area contributed by atoms with Crippen LogP contribution in [0.5, 0.6) is 5.75 Å². The Balaban J connectivity index is 1.88. The van der Waals surface area contributed by atoms with Gasteiger partial charge in [0.25, 0.3) is 5.56 Å². The van der Waals surface area contributed by atoms with Gasteiger partial charge in [-0.3, -0.25) is 4.79 Å². The molecule has 3 aromatic rings. The molecular weight excluding hydrogens is 420 g/mol. The van der Waals surface area contributed by atoms with Crippen molar-refractivity contribution < 1.29 is 4.74 Å². The molecule has 0 bridgehead atoms. The first-order valence-corrected chi connectivity index (χ1v) is 11.4. The fourth-order valence-electron chi connectivity index (χ4n) is 3.75. The van der Waals surface area contributed by atoms with Crippen LogP contribution in [0.25, 0.3) is 10.9 Å². The van der Waals surface area contributed by atoms with Crippen LogP contribution in [-0.2, 0) is 6.54 Å². The van der Waals surface area contributed by atoms with E-state index in [-0.39, 0.29) is 5.56 Å². The van der Waals surface area contributed by atoms with Crippen LogP contribution in [0.1, 0.15) is 25.0 Å². The first kappa shape index (κ1) is 23.8. The lowest BCUT2D eigenvalue weighted by atomic mass is 10.1. The van der Waals surface area contributed by atoms with E-state index < -0.39 is 0 Å². The minimum absolute atomic E-state index is 0.0836. The molecule has 2 aromatic carbocycles. The highest BCUT2D eigenvalue weighted by molar-refractivity contribution is 7.80. The SMILES string of the molecule is CCN(CC)CCN(Cc1cc2cccc(C)c2[nH]c1=O)C(=S)Nc1ccccc1OC. The number of ether oxygens (including phenoxy) is 1. The van der Waals surface area contributed by atoms with E-state index in [1.807, 2.05) is 60.4 Å². The Kier molecular flexibility index (Phi) is 8.25. The monoisotopic (exact) mass is 452 g/mol. The molecule has 0 fully saturated rings. The van der Waals surface area contributed by atoms with Crippen molar-refractivity contribution in [2.45, 2.75) is 27.3 Å². The number of rotatable bonds is 9. The Morgan fingerprint density at radius 2 is 1.84 bits per heavy atom. The van der Waals surface area contributed by atoms with Crippen molar-refractivity contribution in [1.29, 1.82) is 0 Å². The quantitative estimate of drug-likeness (QED) is 0.470. The summed E-state index contributed by atoms with van der Waals surface area (Å²) in [7, 11) is 1.64. The zero-order valence-electron chi connectivity index (χ0n) is 19.3. The highest BCUT2D eigenvalue weighted by atomic mass is 32.1. The van der Waals surface area contributed by atoms with Crippen LogP contribution in [0.3, 0.4) is 0 Å². The molecule has 0 saturated heterocycles. The van der Waals surface area contributed by atoms with Gasteiger partial charge in [0.15, 0.2) is 5.11 Å². The number of benzene rings is 2. The van der Waals surface area contributed by atoms with Crippen molar-refractivity contribution in [2.24, 2.45) is 0 Å². The van der Waals surface area contributed by atoms with Gasteiger partial charge in [0.2, 0.25) is 0 Å². The van der Waals surface area contributed by atoms with E-state index in [9.17, 15) is 4.79 Å². The van der Waals surface area contributed by atoms with E-state index in [0.29, 0.717) is 23.8 Å². The molecule has 1 aromatic heterocycles. The summed E-state index contributed by atoms with van der Waals surface area (Å²) in [5.41, 5.74) is 3.34. The number of thiocarbonyl (C=S) groups is 1. The molecule has 0 unspecified atom stereocenters. The van der Waals surface area contributed by atoms with Crippen molar-refractivity contribution in [3.63, 3.8) is 0 Å². The number of aromatic amines is 1. The largest absolute Gasteiger partial charge is 0.495 e. The molecule has 2 N–H and O–H groups in total. The topological polar surface area (TPSA) is 60.6 Å². The fourth-order valence-corrected chi connectivity index (χ4v) is 4.01. The first-order chi connectivity index (χ1) is 15.5. The van der Waals surface area contributed by atoms with Crippen molar-refractivity contribution in [3.8, 4) is 5.75 Å². The van der Waals surface area contributed by atoms with Crippen molar-refractivity contribution >= 4 is 33.9 Å². The van der Waals surface area contributed by atoms with E-state index in [0.717, 1.165) is 47.5 Å². The summed E-state index contributed by atoms with van der Waals surface area (Å²) in [6, 6.07) is 15.7. The summed E-state index contributed by atoms with van der Waals surface area (Å²) in [5.74, 6) is 0.720. The number of nitrogens with zero attached hydrogens (tertiary/aromatic N) is 2. The molecule has 1 heterocycles. The number of hydrogen-bond donors (Lipinski definition) is 2. The van der Waals surface area contributed by atoms with Crippen LogP contribution in [0.15, 0.2) is 53.3 Å². The lowest BCUT2D eigenvalue weighted by molar-refractivity contribution is 0.266. The van der Waals surface area contributed by atoms with Gasteiger partial charge < -0.3 is 24.8 Å². The maximum atomic E-state index is 12.9. The van der Waals surface area contributed by atoms with Gasteiger partial charge in [-0.2, -0.15) is 0 Å². The number of para-hydroxylation sites is 3. The van der Waals surface area contributed by atoms with E-state index in [1.165, 1.54) is 0 Å². The van der Waals surface area contributed by atoms with Gasteiger partial charge in [-0.15, -0.1) is 0 Å². The molecule has 0 atom stereocenters. The number of H-pyrrole nitrogens is 1. The number of likely N-dealkylation sites (N-methyl/N-ethyl adjacent to an activating group) is 1. The van der Waals surface area contributed by atoms with Gasteiger partial charge in [0.05, 0.1) is 24.9 Å². The Bertz CT molecular complexity index is 1120. The van der Waals surface area contributed by atoms with E-state index in [2.05, 4.69) is 29.0 Å². The first-order valence-electron chi connectivity index (χ1n) is 11.0. The third kappa shape index (κ3) is 5.66. The zero-order chi connectivity index (χ0) is 23.1. The maximum Gasteiger partial charge on any atom is 0.253 e. The van der Waals surface area contributed by atoms with Crippen molar-refractivity contribution in [1.82, 2.24) is 14.8 Å². The van der Waals surface area contributed by atoms with Crippen molar-refractivity contribution in [2.75, 3.05) is 38.6 Å². The van der Waals surface area contributed by atoms with Gasteiger partial charge in [-0.25, -0.2) is 0 Å². The van der Waals surface area contributed by atoms with E-state index in [1.54, 1.807) is 7.11 Å². The second-order valence-electron chi connectivity index (χ2n) is 7.74. The predicted molar refractivity (Wildman–Crippen MR) is 137 cm³/mol. The lowest BCUT2D eigenvalue weighted by Crippen LogP contribution is -2.41. The Hall–Kier alpha value is -2.90. The van der Waals surface area contributed by atoms with Gasteiger partial charge in [0.1, 0.15) is 5.75 Å². The predicted octanol–water partition coefficient (Wildman–Crippen LogP) is 4.39. The average Bonchev–Trinajstić information content (AvgIpc) is 2.80. The smallest absolute Gasteiger partial charge is 0.253 e. The Labute approximate surface area is 195 Å². The molecule has 32 heavy (non-hydrogen) atoms. The zero-order valence-corrected chi connectivity index (χ0v) is 20.1. The van der Waals surface area contributed by atoms with Gasteiger partial charge in [0, 0.05) is 18.7 Å². The van der Waals surface area contributed by atoms with Gasteiger partial charge in [-0.05, 0) is 61.4 Å². The summed E-state index contributed by atoms with van der Waals surface area (Å²) < 4.78 is 5.45. The van der Waals surface area contributed by atoms with Crippen LogP contribution in [0.2, 0.25) is 0 Å². The van der Waals surface area contributed by atoms with E-state index >= 15 is 0 Å². The lowest BCUT2D eigenvalue weighted by Gasteiger charge is -2.29. The molecule has 3 rings (SSSR count). The third-order valence-electron chi connectivity index (χ3n) is 5.74. The van der Waals surface area contributed by atoms with Crippen LogP contribution in [-0.4, -0.2) is 53.2 Å². The number of anilines is 1. The summed E-state index contributed by atoms with van der Waals surface area (Å²) >= 11 is 5.78. The molecule has 0 aliphatic carbocycles. The number of methoxy groups -OCH3 is 1.